The number of carbonyl (C=O) groups is 1. The smallest absolute Gasteiger partial charge is 0.340 e. The fourth-order valence-corrected chi connectivity index (χ4v) is 3.40. The first-order valence-electron chi connectivity index (χ1n) is 9.50. The number of anilines is 1. The second-order valence-electron chi connectivity index (χ2n) is 6.74. The molecular formula is C23H22N2O4. The molecule has 3 aromatic rings. The van der Waals surface area contributed by atoms with E-state index >= 15 is 0 Å². The second-order valence-corrected chi connectivity index (χ2v) is 6.74. The van der Waals surface area contributed by atoms with E-state index in [1.54, 1.807) is 18.5 Å². The molecule has 29 heavy (non-hydrogen) atoms. The van der Waals surface area contributed by atoms with Crippen molar-refractivity contribution < 1.29 is 19.0 Å². The second kappa shape index (κ2) is 8.65. The Morgan fingerprint density at radius 3 is 2.86 bits per heavy atom. The van der Waals surface area contributed by atoms with Crippen molar-refractivity contribution in [2.24, 2.45) is 0 Å². The Morgan fingerprint density at radius 1 is 1.17 bits per heavy atom. The number of ether oxygens (including phenoxy) is 3. The normalized spacial score (nSPS) is 15.0. The predicted molar refractivity (Wildman–Crippen MR) is 110 cm³/mol. The molecule has 1 aliphatic rings. The summed E-state index contributed by atoms with van der Waals surface area (Å²) in [5, 5.41) is 3.34. The molecule has 0 aliphatic carbocycles. The highest BCUT2D eigenvalue weighted by atomic mass is 16.5. The Kier molecular flexibility index (Phi) is 5.61. The maximum atomic E-state index is 11.9. The number of methoxy groups -OCH3 is 1. The largest absolute Gasteiger partial charge is 0.493 e. The minimum atomic E-state index is -0.384. The number of carbonyl (C=O) groups excluding carboxylic acids is 1. The first kappa shape index (κ1) is 18.8. The number of hydrogen-bond acceptors (Lipinski definition) is 6. The van der Waals surface area contributed by atoms with E-state index in [-0.39, 0.29) is 11.9 Å². The molecule has 6 nitrogen and oxygen atoms in total. The monoisotopic (exact) mass is 390 g/mol. The van der Waals surface area contributed by atoms with Gasteiger partial charge < -0.3 is 19.5 Å². The highest BCUT2D eigenvalue weighted by Gasteiger charge is 2.23. The first-order valence-corrected chi connectivity index (χ1v) is 9.50. The number of hydrogen-bond donors (Lipinski definition) is 1. The summed E-state index contributed by atoms with van der Waals surface area (Å²) in [4.78, 5) is 16.1. The van der Waals surface area contributed by atoms with Gasteiger partial charge in [-0.2, -0.15) is 0 Å². The first-order chi connectivity index (χ1) is 14.2. The molecular weight excluding hydrogens is 368 g/mol. The lowest BCUT2D eigenvalue weighted by molar-refractivity contribution is 0.0601. The third-order valence-corrected chi connectivity index (χ3v) is 4.89. The number of fused-ring (bicyclic) bond motifs is 1. The van der Waals surface area contributed by atoms with Gasteiger partial charge in [0, 0.05) is 24.7 Å². The van der Waals surface area contributed by atoms with Crippen LogP contribution in [-0.2, 0) is 4.74 Å². The van der Waals surface area contributed by atoms with Crippen LogP contribution in [-0.4, -0.2) is 31.2 Å². The van der Waals surface area contributed by atoms with Gasteiger partial charge in [-0.25, -0.2) is 4.79 Å². The standard InChI is InChI=1S/C23H22N2O4/c1-27-23(26)20-9-11-24-15-21(20)25-14-16-10-12-28-22-13-18(7-8-19(16)22)29-17-5-3-2-4-6-17/h2-9,11,13,15-16,25H,10,12,14H2,1H3/t16-/m1/s1. The van der Waals surface area contributed by atoms with Gasteiger partial charge in [0.2, 0.25) is 0 Å². The van der Waals surface area contributed by atoms with Crippen LogP contribution in [0.3, 0.4) is 0 Å². The maximum absolute atomic E-state index is 11.9. The van der Waals surface area contributed by atoms with Crippen LogP contribution >= 0.6 is 0 Å². The van der Waals surface area contributed by atoms with Gasteiger partial charge >= 0.3 is 5.97 Å². The van der Waals surface area contributed by atoms with Crippen LogP contribution in [0.1, 0.15) is 28.3 Å². The van der Waals surface area contributed by atoms with Crippen molar-refractivity contribution in [3.05, 3.63) is 78.1 Å². The average molecular weight is 390 g/mol. The van der Waals surface area contributed by atoms with E-state index in [9.17, 15) is 4.79 Å². The van der Waals surface area contributed by atoms with E-state index in [2.05, 4.69) is 10.3 Å². The molecule has 2 heterocycles. The fraction of sp³-hybridized carbons (Fsp3) is 0.217. The summed E-state index contributed by atoms with van der Waals surface area (Å²) >= 11 is 0. The molecule has 1 atom stereocenters. The topological polar surface area (TPSA) is 69.7 Å². The van der Waals surface area contributed by atoms with E-state index < -0.39 is 0 Å². The number of nitrogens with one attached hydrogen (secondary N) is 1. The highest BCUT2D eigenvalue weighted by molar-refractivity contribution is 5.95. The van der Waals surface area contributed by atoms with Gasteiger partial charge in [-0.1, -0.05) is 24.3 Å². The predicted octanol–water partition coefficient (Wildman–Crippen LogP) is 4.64. The SMILES string of the molecule is COC(=O)c1ccncc1NC[C@H]1CCOc2cc(Oc3ccccc3)ccc21. The lowest BCUT2D eigenvalue weighted by Crippen LogP contribution is -2.21. The molecule has 0 radical (unpaired) electrons. The van der Waals surface area contributed by atoms with Crippen LogP contribution in [0.5, 0.6) is 17.2 Å². The molecule has 0 bridgehead atoms. The van der Waals surface area contributed by atoms with E-state index in [0.717, 1.165) is 29.2 Å². The molecule has 0 saturated carbocycles. The van der Waals surface area contributed by atoms with E-state index in [4.69, 9.17) is 14.2 Å². The van der Waals surface area contributed by atoms with Gasteiger partial charge in [0.25, 0.3) is 0 Å². The number of esters is 1. The Labute approximate surface area is 169 Å². The van der Waals surface area contributed by atoms with Crippen LogP contribution in [0, 0.1) is 0 Å². The number of aromatic nitrogens is 1. The van der Waals surface area contributed by atoms with Gasteiger partial charge in [0.15, 0.2) is 0 Å². The third kappa shape index (κ3) is 4.32. The lowest BCUT2D eigenvalue weighted by Gasteiger charge is -2.27. The van der Waals surface area contributed by atoms with E-state index in [0.29, 0.717) is 24.4 Å². The van der Waals surface area contributed by atoms with Crippen LogP contribution in [0.25, 0.3) is 0 Å². The minimum Gasteiger partial charge on any atom is -0.493 e. The van der Waals surface area contributed by atoms with Crippen molar-refractivity contribution in [3.8, 4) is 17.2 Å². The molecule has 0 spiro atoms. The molecule has 2 aromatic carbocycles. The van der Waals surface area contributed by atoms with Gasteiger partial charge in [-0.15, -0.1) is 0 Å². The quantitative estimate of drug-likeness (QED) is 0.619. The molecule has 0 unspecified atom stereocenters. The molecule has 0 amide bonds. The zero-order chi connectivity index (χ0) is 20.1. The van der Waals surface area contributed by atoms with Gasteiger partial charge in [0.1, 0.15) is 17.2 Å². The Balaban J connectivity index is 1.48. The highest BCUT2D eigenvalue weighted by Crippen LogP contribution is 2.37. The fourth-order valence-electron chi connectivity index (χ4n) is 3.40. The minimum absolute atomic E-state index is 0.246. The van der Waals surface area contributed by atoms with Crippen molar-refractivity contribution in [2.45, 2.75) is 12.3 Å². The van der Waals surface area contributed by atoms with Gasteiger partial charge in [0.05, 0.1) is 31.2 Å². The molecule has 148 valence electrons. The lowest BCUT2D eigenvalue weighted by atomic mass is 9.93. The number of rotatable bonds is 6. The number of nitrogens with zero attached hydrogens (tertiary/aromatic N) is 1. The maximum Gasteiger partial charge on any atom is 0.340 e. The molecule has 6 heteroatoms. The van der Waals surface area contributed by atoms with Crippen LogP contribution in [0.15, 0.2) is 67.0 Å². The zero-order valence-electron chi connectivity index (χ0n) is 16.1. The molecule has 1 aliphatic heterocycles. The summed E-state index contributed by atoms with van der Waals surface area (Å²) in [7, 11) is 1.37. The van der Waals surface area contributed by atoms with Crippen molar-refractivity contribution in [1.82, 2.24) is 4.98 Å². The van der Waals surface area contributed by atoms with Crippen LogP contribution in [0.4, 0.5) is 5.69 Å². The third-order valence-electron chi connectivity index (χ3n) is 4.89. The summed E-state index contributed by atoms with van der Waals surface area (Å²) in [6.07, 6.45) is 4.10. The number of pyridine rings is 1. The van der Waals surface area contributed by atoms with Crippen molar-refractivity contribution >= 4 is 11.7 Å². The molecule has 1 N–H and O–H groups in total. The van der Waals surface area contributed by atoms with Crippen LogP contribution in [0.2, 0.25) is 0 Å². The van der Waals surface area contributed by atoms with Crippen molar-refractivity contribution in [1.29, 1.82) is 0 Å². The summed E-state index contributed by atoms with van der Waals surface area (Å²) in [6, 6.07) is 17.2. The van der Waals surface area contributed by atoms with Crippen molar-refractivity contribution in [3.63, 3.8) is 0 Å². The molecule has 0 saturated heterocycles. The van der Waals surface area contributed by atoms with Crippen LogP contribution < -0.4 is 14.8 Å². The summed E-state index contributed by atoms with van der Waals surface area (Å²) in [6.45, 7) is 1.29. The van der Waals surface area contributed by atoms with Crippen molar-refractivity contribution in [2.75, 3.05) is 25.6 Å². The molecule has 4 rings (SSSR count). The van der Waals surface area contributed by atoms with Gasteiger partial charge in [-0.05, 0) is 36.2 Å². The summed E-state index contributed by atoms with van der Waals surface area (Å²) < 4.78 is 16.6. The van der Waals surface area contributed by atoms with E-state index in [1.165, 1.54) is 7.11 Å². The Bertz CT molecular complexity index is 991. The van der Waals surface area contributed by atoms with Gasteiger partial charge in [-0.3, -0.25) is 4.98 Å². The Hall–Kier alpha value is -3.54. The Morgan fingerprint density at radius 2 is 2.03 bits per heavy atom. The zero-order valence-corrected chi connectivity index (χ0v) is 16.1. The van der Waals surface area contributed by atoms with E-state index in [1.807, 2.05) is 48.5 Å². The molecule has 0 fully saturated rings. The summed E-state index contributed by atoms with van der Waals surface area (Å²) in [5.41, 5.74) is 2.26. The average Bonchev–Trinajstić information content (AvgIpc) is 2.78. The summed E-state index contributed by atoms with van der Waals surface area (Å²) in [5.74, 6) is 2.22. The number of para-hydroxylation sites is 1. The molecule has 1 aromatic heterocycles. The number of benzene rings is 2.